The number of fused-ring (bicyclic) bond motifs is 1. The van der Waals surface area contributed by atoms with Gasteiger partial charge in [0.15, 0.2) is 0 Å². The van der Waals surface area contributed by atoms with Crippen LogP contribution in [0, 0.1) is 0 Å². The third kappa shape index (κ3) is 3.31. The van der Waals surface area contributed by atoms with Crippen molar-refractivity contribution in [2.24, 2.45) is 0 Å². The Balaban J connectivity index is 1.88. The van der Waals surface area contributed by atoms with Crippen molar-refractivity contribution in [2.75, 3.05) is 19.8 Å². The number of benzene rings is 1. The van der Waals surface area contributed by atoms with Crippen molar-refractivity contribution in [3.63, 3.8) is 0 Å². The van der Waals surface area contributed by atoms with Crippen molar-refractivity contribution >= 4 is 27.3 Å². The standard InChI is InChI=1S/C14H17NO2S/c1-2-17-9-5-8-15-14(16)13-10-11-6-3-4-7-12(11)18-13/h3-4,6-7,10H,2,5,8-9H2,1H3,(H,15,16). The number of thiophene rings is 1. The lowest BCUT2D eigenvalue weighted by molar-refractivity contribution is 0.0948. The summed E-state index contributed by atoms with van der Waals surface area (Å²) in [5.41, 5.74) is 0. The summed E-state index contributed by atoms with van der Waals surface area (Å²) >= 11 is 1.53. The highest BCUT2D eigenvalue weighted by molar-refractivity contribution is 7.20. The first-order chi connectivity index (χ1) is 8.81. The van der Waals surface area contributed by atoms with Gasteiger partial charge in [0.25, 0.3) is 5.91 Å². The van der Waals surface area contributed by atoms with Gasteiger partial charge in [-0.2, -0.15) is 0 Å². The van der Waals surface area contributed by atoms with Gasteiger partial charge in [-0.3, -0.25) is 4.79 Å². The maximum atomic E-state index is 11.9. The van der Waals surface area contributed by atoms with Crippen LogP contribution in [-0.4, -0.2) is 25.7 Å². The molecule has 2 aromatic rings. The van der Waals surface area contributed by atoms with E-state index in [4.69, 9.17) is 4.74 Å². The molecule has 1 amide bonds. The molecule has 96 valence electrons. The Morgan fingerprint density at radius 2 is 2.22 bits per heavy atom. The van der Waals surface area contributed by atoms with Crippen molar-refractivity contribution in [1.29, 1.82) is 0 Å². The summed E-state index contributed by atoms with van der Waals surface area (Å²) in [6.45, 7) is 4.05. The van der Waals surface area contributed by atoms with Crippen LogP contribution in [0.3, 0.4) is 0 Å². The summed E-state index contributed by atoms with van der Waals surface area (Å²) in [7, 11) is 0. The van der Waals surface area contributed by atoms with Gasteiger partial charge < -0.3 is 10.1 Å². The van der Waals surface area contributed by atoms with E-state index < -0.39 is 0 Å². The van der Waals surface area contributed by atoms with E-state index in [1.54, 1.807) is 0 Å². The molecule has 0 fully saturated rings. The van der Waals surface area contributed by atoms with Crippen molar-refractivity contribution in [2.45, 2.75) is 13.3 Å². The average Bonchev–Trinajstić information content (AvgIpc) is 2.82. The van der Waals surface area contributed by atoms with Crippen molar-refractivity contribution in [3.8, 4) is 0 Å². The normalized spacial score (nSPS) is 10.7. The van der Waals surface area contributed by atoms with E-state index in [2.05, 4.69) is 5.32 Å². The van der Waals surface area contributed by atoms with E-state index in [1.165, 1.54) is 11.3 Å². The zero-order chi connectivity index (χ0) is 12.8. The number of rotatable bonds is 6. The van der Waals surface area contributed by atoms with E-state index in [0.29, 0.717) is 13.2 Å². The van der Waals surface area contributed by atoms with E-state index in [0.717, 1.165) is 28.0 Å². The van der Waals surface area contributed by atoms with Crippen LogP contribution in [0.4, 0.5) is 0 Å². The molecule has 0 saturated heterocycles. The number of amides is 1. The first-order valence-electron chi connectivity index (χ1n) is 6.16. The largest absolute Gasteiger partial charge is 0.382 e. The fraction of sp³-hybridized carbons (Fsp3) is 0.357. The lowest BCUT2D eigenvalue weighted by atomic mass is 10.2. The molecular weight excluding hydrogens is 246 g/mol. The molecule has 1 heterocycles. The minimum atomic E-state index is 0.00713. The highest BCUT2D eigenvalue weighted by Crippen LogP contribution is 2.24. The number of carbonyl (C=O) groups excluding carboxylic acids is 1. The second-order valence-corrected chi connectivity index (χ2v) is 5.04. The summed E-state index contributed by atoms with van der Waals surface area (Å²) in [6.07, 6.45) is 0.852. The second-order valence-electron chi connectivity index (χ2n) is 3.95. The molecule has 18 heavy (non-hydrogen) atoms. The number of ether oxygens (including phenoxy) is 1. The van der Waals surface area contributed by atoms with Crippen LogP contribution < -0.4 is 5.32 Å². The van der Waals surface area contributed by atoms with Crippen LogP contribution in [0.5, 0.6) is 0 Å². The topological polar surface area (TPSA) is 38.3 Å². The van der Waals surface area contributed by atoms with Gasteiger partial charge in [0.05, 0.1) is 4.88 Å². The summed E-state index contributed by atoms with van der Waals surface area (Å²) in [6, 6.07) is 9.98. The highest BCUT2D eigenvalue weighted by Gasteiger charge is 2.08. The maximum absolute atomic E-state index is 11.9. The van der Waals surface area contributed by atoms with Crippen LogP contribution in [0.25, 0.3) is 10.1 Å². The predicted molar refractivity (Wildman–Crippen MR) is 75.3 cm³/mol. The van der Waals surface area contributed by atoms with Crippen molar-refractivity contribution in [3.05, 3.63) is 35.2 Å². The van der Waals surface area contributed by atoms with E-state index >= 15 is 0 Å². The summed E-state index contributed by atoms with van der Waals surface area (Å²) < 4.78 is 6.37. The van der Waals surface area contributed by atoms with Crippen molar-refractivity contribution < 1.29 is 9.53 Å². The molecule has 0 spiro atoms. The van der Waals surface area contributed by atoms with E-state index in [1.807, 2.05) is 37.3 Å². The Kier molecular flexibility index (Phi) is 4.73. The number of hydrogen-bond donors (Lipinski definition) is 1. The molecule has 4 heteroatoms. The molecule has 0 aliphatic rings. The first-order valence-corrected chi connectivity index (χ1v) is 6.97. The molecule has 0 saturated carbocycles. The molecular formula is C14H17NO2S. The molecule has 1 aromatic carbocycles. The minimum Gasteiger partial charge on any atom is -0.382 e. The summed E-state index contributed by atoms with van der Waals surface area (Å²) in [5.74, 6) is 0.00713. The quantitative estimate of drug-likeness (QED) is 0.813. The van der Waals surface area contributed by atoms with Gasteiger partial charge in [-0.1, -0.05) is 18.2 Å². The lowest BCUT2D eigenvalue weighted by Gasteiger charge is -2.03. The zero-order valence-corrected chi connectivity index (χ0v) is 11.3. The van der Waals surface area contributed by atoms with Crippen LogP contribution in [-0.2, 0) is 4.74 Å². The number of carbonyl (C=O) groups is 1. The van der Waals surface area contributed by atoms with Crippen LogP contribution in [0.15, 0.2) is 30.3 Å². The fourth-order valence-corrected chi connectivity index (χ4v) is 2.68. The molecule has 0 aliphatic heterocycles. The molecule has 0 atom stereocenters. The Morgan fingerprint density at radius 1 is 1.39 bits per heavy atom. The fourth-order valence-electron chi connectivity index (χ4n) is 1.70. The maximum Gasteiger partial charge on any atom is 0.261 e. The zero-order valence-electron chi connectivity index (χ0n) is 10.4. The summed E-state index contributed by atoms with van der Waals surface area (Å²) in [5, 5.41) is 4.04. The average molecular weight is 263 g/mol. The third-order valence-electron chi connectivity index (χ3n) is 2.60. The van der Waals surface area contributed by atoms with Gasteiger partial charge in [0.2, 0.25) is 0 Å². The molecule has 1 N–H and O–H groups in total. The Hall–Kier alpha value is -1.39. The Bertz CT molecular complexity index is 488. The molecule has 0 aliphatic carbocycles. The molecule has 2 rings (SSSR count). The van der Waals surface area contributed by atoms with Gasteiger partial charge in [-0.15, -0.1) is 11.3 Å². The van der Waals surface area contributed by atoms with Gasteiger partial charge in [-0.05, 0) is 30.9 Å². The molecule has 0 radical (unpaired) electrons. The molecule has 3 nitrogen and oxygen atoms in total. The SMILES string of the molecule is CCOCCCNC(=O)c1cc2ccccc2s1. The smallest absolute Gasteiger partial charge is 0.261 e. The first kappa shape index (κ1) is 13.1. The predicted octanol–water partition coefficient (Wildman–Crippen LogP) is 3.06. The Morgan fingerprint density at radius 3 is 3.00 bits per heavy atom. The monoisotopic (exact) mass is 263 g/mol. The van der Waals surface area contributed by atoms with E-state index in [9.17, 15) is 4.79 Å². The Labute approximate surface area is 111 Å². The van der Waals surface area contributed by atoms with Crippen molar-refractivity contribution in [1.82, 2.24) is 5.32 Å². The number of hydrogen-bond acceptors (Lipinski definition) is 3. The van der Waals surface area contributed by atoms with Crippen LogP contribution >= 0.6 is 11.3 Å². The van der Waals surface area contributed by atoms with Gasteiger partial charge in [0.1, 0.15) is 0 Å². The van der Waals surface area contributed by atoms with E-state index in [-0.39, 0.29) is 5.91 Å². The number of nitrogens with one attached hydrogen (secondary N) is 1. The van der Waals surface area contributed by atoms with Gasteiger partial charge in [0, 0.05) is 24.5 Å². The second kappa shape index (κ2) is 6.52. The summed E-state index contributed by atoms with van der Waals surface area (Å²) in [4.78, 5) is 12.7. The molecule has 1 aromatic heterocycles. The molecule has 0 bridgehead atoms. The van der Waals surface area contributed by atoms with Crippen LogP contribution in [0.2, 0.25) is 0 Å². The third-order valence-corrected chi connectivity index (χ3v) is 3.72. The van der Waals surface area contributed by atoms with Crippen LogP contribution in [0.1, 0.15) is 23.0 Å². The molecule has 0 unspecified atom stereocenters. The van der Waals surface area contributed by atoms with Gasteiger partial charge >= 0.3 is 0 Å². The van der Waals surface area contributed by atoms with Gasteiger partial charge in [-0.25, -0.2) is 0 Å². The highest BCUT2D eigenvalue weighted by atomic mass is 32.1. The lowest BCUT2D eigenvalue weighted by Crippen LogP contribution is -2.24. The minimum absolute atomic E-state index is 0.00713.